The molecule has 1 saturated heterocycles. The number of carbonyl (C=O) groups excluding carboxylic acids is 1. The van der Waals surface area contributed by atoms with Crippen molar-refractivity contribution in [2.45, 2.75) is 19.8 Å². The van der Waals surface area contributed by atoms with Crippen LogP contribution in [0.2, 0.25) is 5.02 Å². The fraction of sp³-hybridized carbons (Fsp3) is 0.263. The van der Waals surface area contributed by atoms with Crippen LogP contribution in [0.25, 0.3) is 6.08 Å². The van der Waals surface area contributed by atoms with Gasteiger partial charge in [-0.3, -0.25) is 14.5 Å². The molecular formula is C19H18ClN3O4S2. The number of amides is 1. The summed E-state index contributed by atoms with van der Waals surface area (Å²) in [5, 5.41) is 13.8. The number of aryl methyl sites for hydroxylation is 2. The van der Waals surface area contributed by atoms with E-state index in [0.717, 1.165) is 0 Å². The first kappa shape index (κ1) is 21.4. The number of thiocarbonyl (C=S) groups is 1. The van der Waals surface area contributed by atoms with Crippen LogP contribution in [-0.2, 0) is 16.6 Å². The van der Waals surface area contributed by atoms with Gasteiger partial charge in [-0.15, -0.1) is 0 Å². The summed E-state index contributed by atoms with van der Waals surface area (Å²) in [4.78, 5) is 25.3. The molecule has 7 nitrogen and oxygen atoms in total. The van der Waals surface area contributed by atoms with Gasteiger partial charge in [0.05, 0.1) is 16.2 Å². The molecule has 1 N–H and O–H groups in total. The van der Waals surface area contributed by atoms with Crippen molar-refractivity contribution in [3.05, 3.63) is 45.5 Å². The highest BCUT2D eigenvalue weighted by atomic mass is 35.5. The summed E-state index contributed by atoms with van der Waals surface area (Å²) in [5.41, 5.74) is 1.38. The van der Waals surface area contributed by atoms with Gasteiger partial charge in [0.1, 0.15) is 10.1 Å². The Morgan fingerprint density at radius 1 is 1.38 bits per heavy atom. The topological polar surface area (TPSA) is 84.7 Å². The molecule has 0 spiro atoms. The largest absolute Gasteiger partial charge is 0.481 e. The van der Waals surface area contributed by atoms with Crippen LogP contribution in [0.1, 0.15) is 24.1 Å². The highest BCUT2D eigenvalue weighted by Gasteiger charge is 2.32. The highest BCUT2D eigenvalue weighted by Crippen LogP contribution is 2.36. The van der Waals surface area contributed by atoms with E-state index in [1.807, 2.05) is 6.92 Å². The van der Waals surface area contributed by atoms with Gasteiger partial charge in [0.2, 0.25) is 5.88 Å². The lowest BCUT2D eigenvalue weighted by Crippen LogP contribution is -2.29. The molecule has 10 heteroatoms. The number of halogens is 1. The van der Waals surface area contributed by atoms with Gasteiger partial charge in [-0.1, -0.05) is 35.6 Å². The fourth-order valence-electron chi connectivity index (χ4n) is 2.77. The zero-order valence-electron chi connectivity index (χ0n) is 15.7. The lowest BCUT2D eigenvalue weighted by atomic mass is 10.2. The van der Waals surface area contributed by atoms with Gasteiger partial charge in [0, 0.05) is 25.0 Å². The molecule has 0 unspecified atom stereocenters. The summed E-state index contributed by atoms with van der Waals surface area (Å²) in [6, 6.07) is 6.94. The minimum atomic E-state index is -0.902. The standard InChI is InChI=1S/C19H18ClN3O4S2/c1-11-14(18(22(2)21-11)27-13-7-5-12(20)6-8-13)10-15-17(26)23(19(28)29-15)9-3-4-16(24)25/h5-8,10H,3-4,9H2,1-2H3,(H,24,25)/b15-10+. The maximum Gasteiger partial charge on any atom is 0.303 e. The molecule has 2 aromatic rings. The summed E-state index contributed by atoms with van der Waals surface area (Å²) in [5.74, 6) is -0.0683. The molecule has 1 aliphatic heterocycles. The SMILES string of the molecule is Cc1nn(C)c(Oc2ccc(Cl)cc2)c1/C=C1/SC(=S)N(CCCC(=O)O)C1=O. The quantitative estimate of drug-likeness (QED) is 0.497. The Kier molecular flexibility index (Phi) is 6.61. The van der Waals surface area contributed by atoms with Crippen molar-refractivity contribution < 1.29 is 19.4 Å². The van der Waals surface area contributed by atoms with E-state index in [1.165, 1.54) is 16.7 Å². The van der Waals surface area contributed by atoms with Crippen molar-refractivity contribution >= 4 is 57.9 Å². The van der Waals surface area contributed by atoms with E-state index in [0.29, 0.717) is 43.6 Å². The molecule has 1 amide bonds. The third-order valence-electron chi connectivity index (χ3n) is 4.16. The number of hydrogen-bond donors (Lipinski definition) is 1. The number of carboxylic acids is 1. The number of ether oxygens (including phenoxy) is 1. The van der Waals surface area contributed by atoms with Crippen molar-refractivity contribution in [2.24, 2.45) is 7.05 Å². The number of thioether (sulfide) groups is 1. The number of carbonyl (C=O) groups is 2. The Hall–Kier alpha value is -2.36. The van der Waals surface area contributed by atoms with Gasteiger partial charge in [-0.05, 0) is 43.7 Å². The average Bonchev–Trinajstić information content (AvgIpc) is 3.07. The summed E-state index contributed by atoms with van der Waals surface area (Å²) < 4.78 is 7.98. The normalized spacial score (nSPS) is 15.4. The molecule has 1 aromatic heterocycles. The molecule has 0 aliphatic carbocycles. The number of hydrogen-bond acceptors (Lipinski definition) is 6. The van der Waals surface area contributed by atoms with E-state index in [2.05, 4.69) is 5.10 Å². The van der Waals surface area contributed by atoms with E-state index in [1.54, 1.807) is 42.1 Å². The van der Waals surface area contributed by atoms with Crippen LogP contribution in [0.15, 0.2) is 29.2 Å². The Bertz CT molecular complexity index is 1000. The lowest BCUT2D eigenvalue weighted by Gasteiger charge is -2.13. The van der Waals surface area contributed by atoms with Gasteiger partial charge in [-0.2, -0.15) is 5.10 Å². The zero-order chi connectivity index (χ0) is 21.1. The van der Waals surface area contributed by atoms with Gasteiger partial charge >= 0.3 is 5.97 Å². The lowest BCUT2D eigenvalue weighted by molar-refractivity contribution is -0.137. The number of aliphatic carboxylic acids is 1. The van der Waals surface area contributed by atoms with Gasteiger partial charge in [0.15, 0.2) is 0 Å². The molecule has 152 valence electrons. The minimum Gasteiger partial charge on any atom is -0.481 e. The molecule has 0 radical (unpaired) electrons. The second-order valence-corrected chi connectivity index (χ2v) is 8.43. The number of aromatic nitrogens is 2. The second kappa shape index (κ2) is 8.98. The Morgan fingerprint density at radius 2 is 2.07 bits per heavy atom. The van der Waals surface area contributed by atoms with Gasteiger partial charge in [-0.25, -0.2) is 4.68 Å². The Labute approximate surface area is 182 Å². The van der Waals surface area contributed by atoms with E-state index >= 15 is 0 Å². The molecule has 1 fully saturated rings. The van der Waals surface area contributed by atoms with Gasteiger partial charge in [0.25, 0.3) is 5.91 Å². The molecule has 0 atom stereocenters. The van der Waals surface area contributed by atoms with Crippen LogP contribution in [0.4, 0.5) is 0 Å². The van der Waals surface area contributed by atoms with Crippen molar-refractivity contribution in [2.75, 3.05) is 6.54 Å². The number of benzene rings is 1. The van der Waals surface area contributed by atoms with E-state index in [-0.39, 0.29) is 18.9 Å². The van der Waals surface area contributed by atoms with Crippen LogP contribution < -0.4 is 4.74 Å². The van der Waals surface area contributed by atoms with Crippen LogP contribution in [0, 0.1) is 6.92 Å². The molecule has 0 bridgehead atoms. The number of nitrogens with zero attached hydrogens (tertiary/aromatic N) is 3. The minimum absolute atomic E-state index is 0.0170. The summed E-state index contributed by atoms with van der Waals surface area (Å²) >= 11 is 12.4. The third kappa shape index (κ3) is 4.98. The predicted molar refractivity (Wildman–Crippen MR) is 116 cm³/mol. The van der Waals surface area contributed by atoms with Crippen molar-refractivity contribution in [1.82, 2.24) is 14.7 Å². The highest BCUT2D eigenvalue weighted by molar-refractivity contribution is 8.26. The van der Waals surface area contributed by atoms with Crippen molar-refractivity contribution in [1.29, 1.82) is 0 Å². The molecule has 1 aromatic carbocycles. The van der Waals surface area contributed by atoms with Crippen molar-refractivity contribution in [3.63, 3.8) is 0 Å². The first-order valence-electron chi connectivity index (χ1n) is 8.70. The molecule has 1 aliphatic rings. The predicted octanol–water partition coefficient (Wildman–Crippen LogP) is 4.24. The maximum absolute atomic E-state index is 12.7. The average molecular weight is 452 g/mol. The van der Waals surface area contributed by atoms with Crippen LogP contribution in [0.5, 0.6) is 11.6 Å². The van der Waals surface area contributed by atoms with Gasteiger partial charge < -0.3 is 9.84 Å². The van der Waals surface area contributed by atoms with Crippen molar-refractivity contribution in [3.8, 4) is 11.6 Å². The summed E-state index contributed by atoms with van der Waals surface area (Å²) in [6.45, 7) is 2.10. The van der Waals surface area contributed by atoms with Crippen LogP contribution >= 0.6 is 35.6 Å². The first-order valence-corrected chi connectivity index (χ1v) is 10.3. The molecule has 2 heterocycles. The van der Waals surface area contributed by atoms with E-state index in [9.17, 15) is 9.59 Å². The first-order chi connectivity index (χ1) is 13.8. The van der Waals surface area contributed by atoms with Crippen LogP contribution in [0.3, 0.4) is 0 Å². The maximum atomic E-state index is 12.7. The molecule has 0 saturated carbocycles. The Balaban J connectivity index is 1.84. The molecule has 3 rings (SSSR count). The summed E-state index contributed by atoms with van der Waals surface area (Å²) in [6.07, 6.45) is 2.03. The van der Waals surface area contributed by atoms with E-state index < -0.39 is 5.97 Å². The Morgan fingerprint density at radius 3 is 2.72 bits per heavy atom. The fourth-order valence-corrected chi connectivity index (χ4v) is 4.18. The van der Waals surface area contributed by atoms with E-state index in [4.69, 9.17) is 33.7 Å². The second-order valence-electron chi connectivity index (χ2n) is 6.31. The zero-order valence-corrected chi connectivity index (χ0v) is 18.1. The number of carboxylic acid groups (broad SMARTS) is 1. The summed E-state index contributed by atoms with van der Waals surface area (Å²) in [7, 11) is 1.76. The smallest absolute Gasteiger partial charge is 0.303 e. The monoisotopic (exact) mass is 451 g/mol. The van der Waals surface area contributed by atoms with Crippen LogP contribution in [-0.4, -0.2) is 42.5 Å². The molecule has 29 heavy (non-hydrogen) atoms. The molecular weight excluding hydrogens is 434 g/mol. The third-order valence-corrected chi connectivity index (χ3v) is 5.79. The number of rotatable bonds is 7.